The fraction of sp³-hybridized carbons (Fsp3) is 0.211. The number of nitrogens with two attached hydrogens (primary N) is 2. The molecule has 0 bridgehead atoms. The van der Waals surface area contributed by atoms with E-state index in [0.717, 1.165) is 22.0 Å². The van der Waals surface area contributed by atoms with Crippen molar-refractivity contribution >= 4 is 29.2 Å². The number of hydrogen-bond acceptors (Lipinski definition) is 3. The van der Waals surface area contributed by atoms with E-state index in [4.69, 9.17) is 11.5 Å². The highest BCUT2D eigenvalue weighted by atomic mass is 35.5. The third kappa shape index (κ3) is 4.60. The molecular weight excluding hydrogens is 355 g/mol. The topological polar surface area (TPSA) is 96.9 Å². The summed E-state index contributed by atoms with van der Waals surface area (Å²) in [6.07, 6.45) is 0.661. The van der Waals surface area contributed by atoms with Gasteiger partial charge in [0, 0.05) is 23.5 Å². The zero-order valence-corrected chi connectivity index (χ0v) is 15.0. The zero-order valence-electron chi connectivity index (χ0n) is 14.2. The van der Waals surface area contributed by atoms with Crippen LogP contribution in [0.1, 0.15) is 16.9 Å². The number of H-pyrrole nitrogens is 1. The average molecular weight is 377 g/mol. The number of amides is 1. The summed E-state index contributed by atoms with van der Waals surface area (Å²) in [5.74, 6) is -0.469. The molecular formula is C19H22ClFN4O. The Kier molecular flexibility index (Phi) is 6.74. The van der Waals surface area contributed by atoms with Crippen molar-refractivity contribution in [1.29, 1.82) is 0 Å². The molecule has 6 N–H and O–H groups in total. The van der Waals surface area contributed by atoms with E-state index in [2.05, 4.69) is 10.3 Å². The minimum Gasteiger partial charge on any atom is -0.351 e. The van der Waals surface area contributed by atoms with Gasteiger partial charge in [0.15, 0.2) is 0 Å². The molecule has 5 nitrogen and oxygen atoms in total. The highest BCUT2D eigenvalue weighted by molar-refractivity contribution is 5.98. The summed E-state index contributed by atoms with van der Waals surface area (Å²) in [4.78, 5) is 15.4. The van der Waals surface area contributed by atoms with Crippen molar-refractivity contribution in [3.8, 4) is 11.1 Å². The number of nitrogens with one attached hydrogen (secondary N) is 2. The minimum absolute atomic E-state index is 0. The molecule has 0 fully saturated rings. The Bertz CT molecular complexity index is 879. The van der Waals surface area contributed by atoms with E-state index in [0.29, 0.717) is 25.2 Å². The van der Waals surface area contributed by atoms with Gasteiger partial charge in [-0.1, -0.05) is 24.3 Å². The minimum atomic E-state index is -0.267. The maximum Gasteiger partial charge on any atom is 0.267 e. The summed E-state index contributed by atoms with van der Waals surface area (Å²) in [6.45, 7) is 0.877. The molecule has 7 heteroatoms. The highest BCUT2D eigenvalue weighted by Gasteiger charge is 2.11. The van der Waals surface area contributed by atoms with Crippen LogP contribution in [0, 0.1) is 5.82 Å². The first-order chi connectivity index (χ1) is 12.1. The van der Waals surface area contributed by atoms with Crippen LogP contribution in [0.5, 0.6) is 0 Å². The summed E-state index contributed by atoms with van der Waals surface area (Å²) in [6, 6.07) is 13.8. The number of halogens is 2. The van der Waals surface area contributed by atoms with Gasteiger partial charge in [-0.25, -0.2) is 4.39 Å². The van der Waals surface area contributed by atoms with E-state index >= 15 is 0 Å². The fourth-order valence-corrected chi connectivity index (χ4v) is 2.71. The van der Waals surface area contributed by atoms with Gasteiger partial charge in [0.25, 0.3) is 5.91 Å². The summed E-state index contributed by atoms with van der Waals surface area (Å²) in [5, 5.41) is 3.74. The maximum absolute atomic E-state index is 13.1. The van der Waals surface area contributed by atoms with Gasteiger partial charge < -0.3 is 21.8 Å². The molecule has 1 atom stereocenters. The second-order valence-corrected chi connectivity index (χ2v) is 6.04. The molecule has 1 unspecified atom stereocenters. The Labute approximate surface area is 157 Å². The molecule has 138 valence electrons. The molecule has 0 saturated carbocycles. The van der Waals surface area contributed by atoms with E-state index in [1.807, 2.05) is 18.2 Å². The molecule has 0 saturated heterocycles. The molecule has 1 aromatic heterocycles. The molecule has 1 amide bonds. The van der Waals surface area contributed by atoms with Crippen LogP contribution in [0.3, 0.4) is 0 Å². The van der Waals surface area contributed by atoms with Crippen LogP contribution >= 0.6 is 12.4 Å². The number of fused-ring (bicyclic) bond motifs is 1. The molecule has 0 aliphatic carbocycles. The standard InChI is InChI=1S/C19H21FN4O.ClH/c20-15-5-3-12(4-6-15)13-1-2-14-10-18(24-17(14)9-13)19(25)23-11-16(22)7-8-21;/h1-6,9-10,16,24H,7-8,11,21-22H2,(H,23,25);1H. The Morgan fingerprint density at radius 2 is 1.81 bits per heavy atom. The predicted octanol–water partition coefficient (Wildman–Crippen LogP) is 2.80. The third-order valence-electron chi connectivity index (χ3n) is 4.11. The van der Waals surface area contributed by atoms with Gasteiger partial charge in [0.2, 0.25) is 0 Å². The number of rotatable bonds is 6. The third-order valence-corrected chi connectivity index (χ3v) is 4.11. The van der Waals surface area contributed by atoms with Crippen molar-refractivity contribution in [2.24, 2.45) is 11.5 Å². The first kappa shape index (κ1) is 19.9. The first-order valence-corrected chi connectivity index (χ1v) is 8.19. The SMILES string of the molecule is Cl.NCCC(N)CNC(=O)c1cc2ccc(-c3ccc(F)cc3)cc2[nH]1. The van der Waals surface area contributed by atoms with Crippen LogP contribution in [0.2, 0.25) is 0 Å². The van der Waals surface area contributed by atoms with Crippen LogP contribution < -0.4 is 16.8 Å². The fourth-order valence-electron chi connectivity index (χ4n) is 2.71. The lowest BCUT2D eigenvalue weighted by molar-refractivity contribution is 0.0946. The van der Waals surface area contributed by atoms with Crippen molar-refractivity contribution in [2.45, 2.75) is 12.5 Å². The Morgan fingerprint density at radius 1 is 1.12 bits per heavy atom. The van der Waals surface area contributed by atoms with Crippen molar-refractivity contribution in [3.63, 3.8) is 0 Å². The summed E-state index contributed by atoms with van der Waals surface area (Å²) >= 11 is 0. The molecule has 0 aliphatic rings. The largest absolute Gasteiger partial charge is 0.351 e. The van der Waals surface area contributed by atoms with Gasteiger partial charge in [-0.05, 0) is 48.4 Å². The van der Waals surface area contributed by atoms with Crippen LogP contribution in [0.25, 0.3) is 22.0 Å². The quantitative estimate of drug-likeness (QED) is 0.532. The normalized spacial score (nSPS) is 11.8. The molecule has 1 heterocycles. The van der Waals surface area contributed by atoms with E-state index in [-0.39, 0.29) is 30.2 Å². The summed E-state index contributed by atoms with van der Waals surface area (Å²) in [7, 11) is 0. The van der Waals surface area contributed by atoms with E-state index in [1.54, 1.807) is 18.2 Å². The molecule has 0 radical (unpaired) electrons. The lowest BCUT2D eigenvalue weighted by Gasteiger charge is -2.10. The van der Waals surface area contributed by atoms with Crippen molar-refractivity contribution < 1.29 is 9.18 Å². The number of carbonyl (C=O) groups excluding carboxylic acids is 1. The van der Waals surface area contributed by atoms with Crippen LogP contribution in [0.15, 0.2) is 48.5 Å². The summed E-state index contributed by atoms with van der Waals surface area (Å²) < 4.78 is 13.1. The number of aromatic nitrogens is 1. The zero-order chi connectivity index (χ0) is 17.8. The summed E-state index contributed by atoms with van der Waals surface area (Å²) in [5.41, 5.74) is 14.5. The Morgan fingerprint density at radius 3 is 2.50 bits per heavy atom. The Balaban J connectivity index is 0.00000243. The second kappa shape index (κ2) is 8.80. The smallest absolute Gasteiger partial charge is 0.267 e. The molecule has 0 spiro atoms. The van der Waals surface area contributed by atoms with Crippen molar-refractivity contribution in [2.75, 3.05) is 13.1 Å². The average Bonchev–Trinajstić information content (AvgIpc) is 3.04. The lowest BCUT2D eigenvalue weighted by Crippen LogP contribution is -2.38. The first-order valence-electron chi connectivity index (χ1n) is 8.19. The number of hydrogen-bond donors (Lipinski definition) is 4. The van der Waals surface area contributed by atoms with E-state index < -0.39 is 0 Å². The monoisotopic (exact) mass is 376 g/mol. The van der Waals surface area contributed by atoms with E-state index in [1.165, 1.54) is 12.1 Å². The van der Waals surface area contributed by atoms with Crippen molar-refractivity contribution in [1.82, 2.24) is 10.3 Å². The van der Waals surface area contributed by atoms with Crippen LogP contribution in [-0.4, -0.2) is 30.0 Å². The van der Waals surface area contributed by atoms with Gasteiger partial charge in [-0.15, -0.1) is 12.4 Å². The van der Waals surface area contributed by atoms with Gasteiger partial charge >= 0.3 is 0 Å². The van der Waals surface area contributed by atoms with Crippen LogP contribution in [-0.2, 0) is 0 Å². The molecule has 3 aromatic rings. The predicted molar refractivity (Wildman–Crippen MR) is 105 cm³/mol. The Hall–Kier alpha value is -2.41. The van der Waals surface area contributed by atoms with Crippen LogP contribution in [0.4, 0.5) is 4.39 Å². The maximum atomic E-state index is 13.1. The number of carbonyl (C=O) groups is 1. The van der Waals surface area contributed by atoms with Crippen molar-refractivity contribution in [3.05, 3.63) is 60.0 Å². The van der Waals surface area contributed by atoms with Gasteiger partial charge in [0.1, 0.15) is 11.5 Å². The lowest BCUT2D eigenvalue weighted by atomic mass is 10.0. The molecule has 2 aromatic carbocycles. The van der Waals surface area contributed by atoms with Gasteiger partial charge in [-0.2, -0.15) is 0 Å². The van der Waals surface area contributed by atoms with Gasteiger partial charge in [0.05, 0.1) is 0 Å². The number of aromatic amines is 1. The molecule has 3 rings (SSSR count). The second-order valence-electron chi connectivity index (χ2n) is 6.04. The van der Waals surface area contributed by atoms with E-state index in [9.17, 15) is 9.18 Å². The highest BCUT2D eigenvalue weighted by Crippen LogP contribution is 2.25. The molecule has 0 aliphatic heterocycles. The molecule has 26 heavy (non-hydrogen) atoms. The van der Waals surface area contributed by atoms with Gasteiger partial charge in [-0.3, -0.25) is 4.79 Å². The number of benzene rings is 2.